The molecule has 0 spiro atoms. The van der Waals surface area contributed by atoms with Gasteiger partial charge in [-0.15, -0.1) is 0 Å². The van der Waals surface area contributed by atoms with Crippen molar-refractivity contribution in [2.24, 2.45) is 23.2 Å². The average molecular weight is 348 g/mol. The Balaban J connectivity index is 1.58. The summed E-state index contributed by atoms with van der Waals surface area (Å²) in [5.41, 5.74) is 0.171. The van der Waals surface area contributed by atoms with Crippen LogP contribution in [0.4, 0.5) is 0 Å². The molecule has 0 aliphatic heterocycles. The first-order valence-electron chi connectivity index (χ1n) is 9.54. The smallest absolute Gasteiger partial charge is 0.208 e. The van der Waals surface area contributed by atoms with Crippen molar-refractivity contribution in [3.63, 3.8) is 0 Å². The molecule has 0 saturated heterocycles. The van der Waals surface area contributed by atoms with Crippen molar-refractivity contribution < 1.29 is 8.42 Å². The Labute approximate surface area is 146 Å². The average Bonchev–Trinajstić information content (AvgIpc) is 2.79. The quantitative estimate of drug-likeness (QED) is 0.880. The van der Waals surface area contributed by atoms with Gasteiger partial charge in [0.1, 0.15) is 0 Å². The van der Waals surface area contributed by atoms with Crippen molar-refractivity contribution in [2.75, 3.05) is 0 Å². The van der Waals surface area contributed by atoms with Crippen molar-refractivity contribution >= 4 is 10.0 Å². The summed E-state index contributed by atoms with van der Waals surface area (Å²) in [7, 11) is -3.43. The van der Waals surface area contributed by atoms with Gasteiger partial charge in [0.2, 0.25) is 10.0 Å². The summed E-state index contributed by atoms with van der Waals surface area (Å²) in [6.07, 6.45) is 10.5. The Bertz CT molecular complexity index is 683. The zero-order valence-corrected chi connectivity index (χ0v) is 15.4. The van der Waals surface area contributed by atoms with E-state index in [0.717, 1.165) is 17.8 Å². The van der Waals surface area contributed by atoms with Gasteiger partial charge < -0.3 is 0 Å². The lowest BCUT2D eigenvalue weighted by Crippen LogP contribution is -2.49. The number of fused-ring (bicyclic) bond motifs is 3. The fraction of sp³-hybridized carbons (Fsp3) is 0.700. The van der Waals surface area contributed by atoms with Crippen molar-refractivity contribution in [1.29, 1.82) is 0 Å². The van der Waals surface area contributed by atoms with E-state index in [4.69, 9.17) is 0 Å². The van der Waals surface area contributed by atoms with E-state index in [1.807, 2.05) is 6.07 Å². The maximum absolute atomic E-state index is 12.8. The zero-order chi connectivity index (χ0) is 16.8. The van der Waals surface area contributed by atoms with Gasteiger partial charge in [0.05, 0.1) is 4.90 Å². The van der Waals surface area contributed by atoms with Crippen LogP contribution < -0.4 is 4.72 Å². The molecule has 132 valence electrons. The lowest BCUT2D eigenvalue weighted by Gasteiger charge is -2.47. The lowest BCUT2D eigenvalue weighted by molar-refractivity contribution is 0.0605. The summed E-state index contributed by atoms with van der Waals surface area (Å²) in [5.74, 6) is 2.53. The van der Waals surface area contributed by atoms with Crippen molar-refractivity contribution in [1.82, 2.24) is 4.72 Å². The zero-order valence-electron chi connectivity index (χ0n) is 14.6. The molecule has 3 nitrogen and oxygen atoms in total. The fourth-order valence-electron chi connectivity index (χ4n) is 5.88. The van der Waals surface area contributed by atoms with Gasteiger partial charge in [-0.3, -0.25) is 0 Å². The monoisotopic (exact) mass is 347 g/mol. The third kappa shape index (κ3) is 3.03. The minimum absolute atomic E-state index is 0.0184. The number of nitrogens with one attached hydrogen (secondary N) is 1. The van der Waals surface area contributed by atoms with Gasteiger partial charge in [0, 0.05) is 6.04 Å². The molecule has 1 aromatic carbocycles. The Morgan fingerprint density at radius 2 is 1.67 bits per heavy atom. The van der Waals surface area contributed by atoms with Crippen LogP contribution in [-0.2, 0) is 10.0 Å². The van der Waals surface area contributed by atoms with Crippen molar-refractivity contribution in [3.8, 4) is 0 Å². The van der Waals surface area contributed by atoms with Gasteiger partial charge >= 0.3 is 0 Å². The molecule has 0 aromatic heterocycles. The molecular weight excluding hydrogens is 318 g/mol. The number of hydrogen-bond acceptors (Lipinski definition) is 2. The number of sulfonamides is 1. The molecule has 24 heavy (non-hydrogen) atoms. The van der Waals surface area contributed by atoms with Gasteiger partial charge in [-0.25, -0.2) is 13.1 Å². The first-order valence-corrected chi connectivity index (χ1v) is 11.0. The maximum atomic E-state index is 12.8. The van der Waals surface area contributed by atoms with Crippen LogP contribution in [0.2, 0.25) is 0 Å². The highest BCUT2D eigenvalue weighted by Crippen LogP contribution is 2.56. The summed E-state index contributed by atoms with van der Waals surface area (Å²) in [6.45, 7) is 2.11. The van der Waals surface area contributed by atoms with Crippen LogP contribution in [0.3, 0.4) is 0 Å². The van der Waals surface area contributed by atoms with Crippen LogP contribution in [0.1, 0.15) is 58.3 Å². The van der Waals surface area contributed by atoms with Crippen LogP contribution in [-0.4, -0.2) is 14.5 Å². The summed E-state index contributed by atoms with van der Waals surface area (Å²) in [5, 5.41) is 0. The van der Waals surface area contributed by atoms with E-state index in [1.165, 1.54) is 51.4 Å². The SMILES string of the molecule is C[C@@H](NS(=O)(=O)c1ccccc1)[C@]12CC[C@@H]3CC[C@H](C[C@@H](C3)C1)C2. The van der Waals surface area contributed by atoms with Crippen LogP contribution >= 0.6 is 0 Å². The van der Waals surface area contributed by atoms with E-state index in [2.05, 4.69) is 11.6 Å². The Morgan fingerprint density at radius 1 is 1.00 bits per heavy atom. The second-order valence-electron chi connectivity index (χ2n) is 8.61. The molecule has 0 radical (unpaired) electrons. The summed E-state index contributed by atoms with van der Waals surface area (Å²) >= 11 is 0. The van der Waals surface area contributed by atoms with Gasteiger partial charge in [0.25, 0.3) is 0 Å². The highest BCUT2D eigenvalue weighted by atomic mass is 32.2. The molecule has 0 unspecified atom stereocenters. The van der Waals surface area contributed by atoms with Crippen molar-refractivity contribution in [2.45, 2.75) is 69.2 Å². The molecule has 3 aliphatic rings. The second kappa shape index (κ2) is 6.14. The second-order valence-corrected chi connectivity index (χ2v) is 10.3. The molecular formula is C20H29NO2S. The number of rotatable bonds is 4. The van der Waals surface area contributed by atoms with Gasteiger partial charge in [-0.05, 0) is 80.8 Å². The van der Waals surface area contributed by atoms with E-state index >= 15 is 0 Å². The molecule has 1 N–H and O–H groups in total. The van der Waals surface area contributed by atoms with Gasteiger partial charge in [-0.2, -0.15) is 0 Å². The normalized spacial score (nSPS) is 37.0. The third-order valence-corrected chi connectivity index (χ3v) is 8.62. The highest BCUT2D eigenvalue weighted by Gasteiger charge is 2.48. The molecule has 4 rings (SSSR count). The Hall–Kier alpha value is -0.870. The largest absolute Gasteiger partial charge is 0.240 e. The fourth-order valence-corrected chi connectivity index (χ4v) is 7.25. The minimum atomic E-state index is -3.43. The first-order chi connectivity index (χ1) is 11.5. The molecule has 4 bridgehead atoms. The maximum Gasteiger partial charge on any atom is 0.240 e. The minimum Gasteiger partial charge on any atom is -0.208 e. The lowest BCUT2D eigenvalue weighted by atomic mass is 9.61. The topological polar surface area (TPSA) is 46.2 Å². The predicted molar refractivity (Wildman–Crippen MR) is 96.1 cm³/mol. The third-order valence-electron chi connectivity index (χ3n) is 7.06. The van der Waals surface area contributed by atoms with Crippen LogP contribution in [0.5, 0.6) is 0 Å². The van der Waals surface area contributed by atoms with Crippen LogP contribution in [0.25, 0.3) is 0 Å². The van der Waals surface area contributed by atoms with E-state index < -0.39 is 10.0 Å². The first kappa shape index (κ1) is 16.6. The van der Waals surface area contributed by atoms with E-state index in [1.54, 1.807) is 24.3 Å². The summed E-state index contributed by atoms with van der Waals surface area (Å²) in [6, 6.07) is 8.83. The Morgan fingerprint density at radius 3 is 2.46 bits per heavy atom. The Kier molecular flexibility index (Phi) is 4.24. The predicted octanol–water partition coefficient (Wildman–Crippen LogP) is 4.35. The van der Waals surface area contributed by atoms with Gasteiger partial charge in [-0.1, -0.05) is 31.0 Å². The summed E-state index contributed by atoms with van der Waals surface area (Å²) < 4.78 is 28.6. The molecule has 0 amide bonds. The standard InChI is InChI=1S/C20H29NO2S/c1-15(21-24(22,23)19-5-3-2-4-6-19)20-10-9-16-7-8-17(13-20)12-18(11-16)14-20/h2-6,15-18,21H,7-14H2,1H3/t15-,16+,17-,18-,20+/m1/s1. The molecule has 1 aromatic rings. The molecule has 5 atom stereocenters. The van der Waals surface area contributed by atoms with E-state index in [-0.39, 0.29) is 11.5 Å². The molecule has 0 heterocycles. The van der Waals surface area contributed by atoms with E-state index in [0.29, 0.717) is 4.90 Å². The number of hydrogen-bond donors (Lipinski definition) is 1. The van der Waals surface area contributed by atoms with Crippen LogP contribution in [0.15, 0.2) is 35.2 Å². The molecule has 4 heteroatoms. The molecule has 3 fully saturated rings. The molecule has 3 saturated carbocycles. The number of benzene rings is 1. The molecule has 3 aliphatic carbocycles. The van der Waals surface area contributed by atoms with Crippen molar-refractivity contribution in [3.05, 3.63) is 30.3 Å². The highest BCUT2D eigenvalue weighted by molar-refractivity contribution is 7.89. The van der Waals surface area contributed by atoms with Crippen LogP contribution in [0, 0.1) is 23.2 Å². The van der Waals surface area contributed by atoms with E-state index in [9.17, 15) is 8.42 Å². The van der Waals surface area contributed by atoms with Gasteiger partial charge in [0.15, 0.2) is 0 Å². The summed E-state index contributed by atoms with van der Waals surface area (Å²) in [4.78, 5) is 0.385.